The number of hydrogen-bond acceptors (Lipinski definition) is 4. The fourth-order valence-corrected chi connectivity index (χ4v) is 3.86. The Labute approximate surface area is 167 Å². The number of aliphatic hydroxyl groups excluding tert-OH is 1. The van der Waals surface area contributed by atoms with Crippen LogP contribution in [0, 0.1) is 11.8 Å². The number of rotatable bonds is 8. The van der Waals surface area contributed by atoms with Crippen molar-refractivity contribution in [2.75, 3.05) is 0 Å². The monoisotopic (exact) mass is 385 g/mol. The Kier molecular flexibility index (Phi) is 7.44. The zero-order valence-electron chi connectivity index (χ0n) is 17.2. The fraction of sp³-hybridized carbons (Fsp3) is 0.478. The molecule has 2 rings (SSSR count). The van der Waals surface area contributed by atoms with E-state index in [1.54, 1.807) is 24.3 Å². The average Bonchev–Trinajstić information content (AvgIpc) is 2.89. The molecule has 1 aliphatic rings. The van der Waals surface area contributed by atoms with Gasteiger partial charge in [0.15, 0.2) is 5.78 Å². The topological polar surface area (TPSA) is 86.6 Å². The van der Waals surface area contributed by atoms with Crippen LogP contribution in [0.25, 0.3) is 0 Å². The first kappa shape index (κ1) is 21.7. The van der Waals surface area contributed by atoms with Gasteiger partial charge in [0.1, 0.15) is 17.1 Å². The molecular formula is C23H31NO4. The number of benzene rings is 1. The number of amides is 1. The molecule has 28 heavy (non-hydrogen) atoms. The first-order valence-electron chi connectivity index (χ1n) is 9.94. The van der Waals surface area contributed by atoms with Crippen molar-refractivity contribution in [3.63, 3.8) is 0 Å². The van der Waals surface area contributed by atoms with Gasteiger partial charge in [-0.1, -0.05) is 44.6 Å². The highest BCUT2D eigenvalue weighted by atomic mass is 16.3. The Hall–Kier alpha value is -2.56. The minimum Gasteiger partial charge on any atom is -0.511 e. The van der Waals surface area contributed by atoms with Gasteiger partial charge in [0.2, 0.25) is 0 Å². The molecule has 1 amide bonds. The second-order valence-corrected chi connectivity index (χ2v) is 7.93. The van der Waals surface area contributed by atoms with Gasteiger partial charge >= 0.3 is 0 Å². The van der Waals surface area contributed by atoms with Crippen LogP contribution in [0.2, 0.25) is 0 Å². The third-order valence-electron chi connectivity index (χ3n) is 5.17. The van der Waals surface area contributed by atoms with Crippen molar-refractivity contribution in [1.82, 2.24) is 5.32 Å². The van der Waals surface area contributed by atoms with Crippen molar-refractivity contribution in [3.05, 3.63) is 52.8 Å². The molecular weight excluding hydrogens is 354 g/mol. The van der Waals surface area contributed by atoms with Gasteiger partial charge in [-0.15, -0.1) is 0 Å². The van der Waals surface area contributed by atoms with Gasteiger partial charge in [-0.2, -0.15) is 0 Å². The average molecular weight is 386 g/mol. The number of carbonyl (C=O) groups excluding carboxylic acids is 2. The molecule has 3 atom stereocenters. The first-order chi connectivity index (χ1) is 13.2. The lowest BCUT2D eigenvalue weighted by Gasteiger charge is -2.18. The predicted octanol–water partition coefficient (Wildman–Crippen LogP) is 4.22. The van der Waals surface area contributed by atoms with Crippen LogP contribution >= 0.6 is 0 Å². The minimum atomic E-state index is -0.687. The van der Waals surface area contributed by atoms with Crippen molar-refractivity contribution in [3.8, 4) is 5.75 Å². The second kappa shape index (κ2) is 9.58. The molecule has 5 nitrogen and oxygen atoms in total. The maximum absolute atomic E-state index is 12.7. The Bertz CT molecular complexity index is 776. The molecule has 1 saturated heterocycles. The summed E-state index contributed by atoms with van der Waals surface area (Å²) in [5, 5.41) is 22.7. The van der Waals surface area contributed by atoms with Crippen LogP contribution in [0.4, 0.5) is 0 Å². The standard InChI is InChI=1S/C23H31NO4/c1-5-6-14(2)11-15(3)12-16(4)21(26)20-22(27)19(24-23(20)28)13-17-7-9-18(25)10-8-17/h6-10,15-16,19,25-26H,5,11-13H2,1-4H3,(H,24,28)/t15-,16-,19-/m0/s1. The summed E-state index contributed by atoms with van der Waals surface area (Å²) in [6.45, 7) is 8.17. The number of aliphatic hydroxyl groups is 1. The molecule has 0 spiro atoms. The Morgan fingerprint density at radius 1 is 1.21 bits per heavy atom. The molecule has 0 unspecified atom stereocenters. The minimum absolute atomic E-state index is 0.107. The molecule has 5 heteroatoms. The summed E-state index contributed by atoms with van der Waals surface area (Å²) < 4.78 is 0. The van der Waals surface area contributed by atoms with Crippen molar-refractivity contribution < 1.29 is 19.8 Å². The number of allylic oxidation sites excluding steroid dienone is 3. The Morgan fingerprint density at radius 2 is 1.86 bits per heavy atom. The number of phenols is 1. The Balaban J connectivity index is 2.07. The van der Waals surface area contributed by atoms with E-state index in [2.05, 4.69) is 32.2 Å². The molecule has 1 aliphatic heterocycles. The maximum atomic E-state index is 12.7. The molecule has 152 valence electrons. The SMILES string of the molecule is CCC=C(C)C[C@H](C)C[C@H](C)C(O)=C1C(=O)N[C@@H](Cc2ccc(O)cc2)C1=O. The lowest BCUT2D eigenvalue weighted by Crippen LogP contribution is -2.31. The predicted molar refractivity (Wildman–Crippen MR) is 110 cm³/mol. The number of aromatic hydroxyl groups is 1. The fourth-order valence-electron chi connectivity index (χ4n) is 3.86. The lowest BCUT2D eigenvalue weighted by atomic mass is 9.88. The van der Waals surface area contributed by atoms with Gasteiger partial charge in [0.05, 0.1) is 6.04 Å². The highest BCUT2D eigenvalue weighted by molar-refractivity contribution is 6.26. The third-order valence-corrected chi connectivity index (χ3v) is 5.17. The number of hydrogen-bond donors (Lipinski definition) is 3. The highest BCUT2D eigenvalue weighted by Gasteiger charge is 2.39. The van der Waals surface area contributed by atoms with E-state index >= 15 is 0 Å². The van der Waals surface area contributed by atoms with Crippen molar-refractivity contribution in [1.29, 1.82) is 0 Å². The van der Waals surface area contributed by atoms with Crippen LogP contribution in [0.3, 0.4) is 0 Å². The van der Waals surface area contributed by atoms with E-state index in [1.165, 1.54) is 5.57 Å². The third kappa shape index (κ3) is 5.47. The largest absolute Gasteiger partial charge is 0.511 e. The van der Waals surface area contributed by atoms with Crippen LogP contribution in [0.1, 0.15) is 52.5 Å². The van der Waals surface area contributed by atoms with Crippen molar-refractivity contribution in [2.24, 2.45) is 11.8 Å². The van der Waals surface area contributed by atoms with Crippen LogP contribution in [0.5, 0.6) is 5.75 Å². The summed E-state index contributed by atoms with van der Waals surface area (Å²) in [6, 6.07) is 5.83. The Morgan fingerprint density at radius 3 is 2.46 bits per heavy atom. The zero-order valence-corrected chi connectivity index (χ0v) is 17.2. The molecule has 0 aromatic heterocycles. The van der Waals surface area contributed by atoms with E-state index in [0.29, 0.717) is 18.8 Å². The van der Waals surface area contributed by atoms with Gasteiger partial charge in [-0.25, -0.2) is 0 Å². The number of phenolic OH excluding ortho intramolecular Hbond substituents is 1. The molecule has 3 N–H and O–H groups in total. The molecule has 1 aromatic rings. The van der Waals surface area contributed by atoms with Crippen LogP contribution < -0.4 is 5.32 Å². The van der Waals surface area contributed by atoms with Gasteiger partial charge in [0.25, 0.3) is 5.91 Å². The number of Topliss-reactive ketones (excluding diaryl/α,β-unsaturated/α-hetero) is 1. The van der Waals surface area contributed by atoms with E-state index < -0.39 is 11.9 Å². The molecule has 0 saturated carbocycles. The quantitative estimate of drug-likeness (QED) is 0.271. The smallest absolute Gasteiger partial charge is 0.259 e. The summed E-state index contributed by atoms with van der Waals surface area (Å²) in [7, 11) is 0. The lowest BCUT2D eigenvalue weighted by molar-refractivity contribution is -0.117. The molecule has 0 radical (unpaired) electrons. The molecule has 0 aliphatic carbocycles. The van der Waals surface area contributed by atoms with E-state index in [0.717, 1.165) is 18.4 Å². The van der Waals surface area contributed by atoms with Crippen molar-refractivity contribution >= 4 is 11.7 Å². The number of carbonyl (C=O) groups is 2. The van der Waals surface area contributed by atoms with E-state index in [4.69, 9.17) is 0 Å². The zero-order chi connectivity index (χ0) is 20.8. The summed E-state index contributed by atoms with van der Waals surface area (Å²) in [5.41, 5.74) is 2.04. The maximum Gasteiger partial charge on any atom is 0.259 e. The molecule has 1 fully saturated rings. The van der Waals surface area contributed by atoms with Crippen LogP contribution in [-0.2, 0) is 16.0 Å². The van der Waals surface area contributed by atoms with Gasteiger partial charge in [-0.05, 0) is 49.8 Å². The number of ketones is 1. The number of nitrogens with one attached hydrogen (secondary N) is 1. The first-order valence-corrected chi connectivity index (χ1v) is 9.94. The highest BCUT2D eigenvalue weighted by Crippen LogP contribution is 2.27. The summed E-state index contributed by atoms with van der Waals surface area (Å²) >= 11 is 0. The molecule has 1 heterocycles. The molecule has 1 aromatic carbocycles. The second-order valence-electron chi connectivity index (χ2n) is 7.93. The van der Waals surface area contributed by atoms with E-state index in [1.807, 2.05) is 6.92 Å². The van der Waals surface area contributed by atoms with Gasteiger partial charge in [-0.3, -0.25) is 9.59 Å². The van der Waals surface area contributed by atoms with E-state index in [-0.39, 0.29) is 28.8 Å². The van der Waals surface area contributed by atoms with Crippen LogP contribution in [-0.4, -0.2) is 27.9 Å². The van der Waals surface area contributed by atoms with Gasteiger partial charge < -0.3 is 15.5 Å². The van der Waals surface area contributed by atoms with E-state index in [9.17, 15) is 19.8 Å². The van der Waals surface area contributed by atoms with Crippen LogP contribution in [0.15, 0.2) is 47.2 Å². The van der Waals surface area contributed by atoms with Gasteiger partial charge in [0, 0.05) is 12.3 Å². The molecule has 0 bridgehead atoms. The summed E-state index contributed by atoms with van der Waals surface area (Å²) in [5.74, 6) is -0.755. The summed E-state index contributed by atoms with van der Waals surface area (Å²) in [6.07, 6.45) is 5.16. The van der Waals surface area contributed by atoms with Crippen molar-refractivity contribution in [2.45, 2.75) is 59.4 Å². The summed E-state index contributed by atoms with van der Waals surface area (Å²) in [4.78, 5) is 25.1. The normalized spacial score (nSPS) is 21.4.